The van der Waals surface area contributed by atoms with E-state index in [1.165, 1.54) is 0 Å². The number of ether oxygens (including phenoxy) is 1. The lowest BCUT2D eigenvalue weighted by Gasteiger charge is -2.30. The molecule has 0 fully saturated rings. The second-order valence-electron chi connectivity index (χ2n) is 6.05. The monoisotopic (exact) mass is 287 g/mol. The molecule has 0 spiro atoms. The molecule has 0 aromatic rings. The first kappa shape index (κ1) is 18.9. The molecular formula is C14H29N3O3. The average molecular weight is 287 g/mol. The Kier molecular flexibility index (Phi) is 9.16. The van der Waals surface area contributed by atoms with Crippen molar-refractivity contribution in [2.75, 3.05) is 26.3 Å². The van der Waals surface area contributed by atoms with E-state index in [0.29, 0.717) is 32.0 Å². The summed E-state index contributed by atoms with van der Waals surface area (Å²) >= 11 is 0. The molecule has 0 aliphatic rings. The van der Waals surface area contributed by atoms with Gasteiger partial charge in [-0.2, -0.15) is 0 Å². The number of rotatable bonds is 10. The summed E-state index contributed by atoms with van der Waals surface area (Å²) in [6.07, 6.45) is 2.24. The highest BCUT2D eigenvalue weighted by Crippen LogP contribution is 2.31. The Hall–Kier alpha value is -1.14. The van der Waals surface area contributed by atoms with Crippen LogP contribution in [0.25, 0.3) is 0 Å². The first-order chi connectivity index (χ1) is 9.27. The predicted octanol–water partition coefficient (Wildman–Crippen LogP) is 0.396. The van der Waals surface area contributed by atoms with E-state index in [-0.39, 0.29) is 17.9 Å². The normalized spacial score (nSPS) is 13.0. The molecule has 0 saturated carbocycles. The van der Waals surface area contributed by atoms with Crippen molar-refractivity contribution in [2.45, 2.75) is 40.0 Å². The number of hydrogen-bond donors (Lipinski definition) is 3. The number of hydrogen-bond acceptors (Lipinski definition) is 4. The molecule has 5 N–H and O–H groups in total. The predicted molar refractivity (Wildman–Crippen MR) is 78.9 cm³/mol. The molecule has 118 valence electrons. The van der Waals surface area contributed by atoms with Crippen LogP contribution in [0.1, 0.15) is 40.0 Å². The van der Waals surface area contributed by atoms with Gasteiger partial charge in [-0.15, -0.1) is 0 Å². The summed E-state index contributed by atoms with van der Waals surface area (Å²) in [5.41, 5.74) is 10.7. The lowest BCUT2D eigenvalue weighted by molar-refractivity contribution is -0.122. The quantitative estimate of drug-likeness (QED) is 0.505. The zero-order valence-electron chi connectivity index (χ0n) is 12.9. The number of carbonyl (C=O) groups is 2. The van der Waals surface area contributed by atoms with Gasteiger partial charge >= 0.3 is 0 Å². The van der Waals surface area contributed by atoms with Gasteiger partial charge in [-0.25, -0.2) is 0 Å². The zero-order chi connectivity index (χ0) is 15.6. The van der Waals surface area contributed by atoms with Gasteiger partial charge in [0.1, 0.15) is 6.61 Å². The summed E-state index contributed by atoms with van der Waals surface area (Å²) in [4.78, 5) is 22.1. The second kappa shape index (κ2) is 9.72. The smallest absolute Gasteiger partial charge is 0.243 e. The maximum absolute atomic E-state index is 11.7. The van der Waals surface area contributed by atoms with Crippen molar-refractivity contribution in [2.24, 2.45) is 22.8 Å². The van der Waals surface area contributed by atoms with E-state index in [2.05, 4.69) is 26.1 Å². The maximum atomic E-state index is 11.7. The highest BCUT2D eigenvalue weighted by atomic mass is 16.5. The molecule has 2 amide bonds. The fourth-order valence-corrected chi connectivity index (χ4v) is 2.04. The number of amides is 2. The van der Waals surface area contributed by atoms with Crippen LogP contribution in [0.4, 0.5) is 0 Å². The minimum absolute atomic E-state index is 0.000976. The van der Waals surface area contributed by atoms with Crippen LogP contribution in [0, 0.1) is 11.3 Å². The van der Waals surface area contributed by atoms with E-state index in [4.69, 9.17) is 16.2 Å². The summed E-state index contributed by atoms with van der Waals surface area (Å²) < 4.78 is 4.96. The Morgan fingerprint density at radius 2 is 1.90 bits per heavy atom. The summed E-state index contributed by atoms with van der Waals surface area (Å²) in [7, 11) is 0. The second-order valence-corrected chi connectivity index (χ2v) is 6.05. The van der Waals surface area contributed by atoms with Gasteiger partial charge in [0.2, 0.25) is 11.8 Å². The van der Waals surface area contributed by atoms with E-state index in [9.17, 15) is 9.59 Å². The molecule has 0 aliphatic heterocycles. The molecular weight excluding hydrogens is 258 g/mol. The fourth-order valence-electron chi connectivity index (χ4n) is 2.04. The van der Waals surface area contributed by atoms with Crippen molar-refractivity contribution in [1.29, 1.82) is 0 Å². The van der Waals surface area contributed by atoms with Crippen molar-refractivity contribution >= 4 is 11.8 Å². The number of carbonyl (C=O) groups excluding carboxylic acids is 2. The fraction of sp³-hybridized carbons (Fsp3) is 0.857. The molecule has 6 nitrogen and oxygen atoms in total. The van der Waals surface area contributed by atoms with Crippen LogP contribution in [0.2, 0.25) is 0 Å². The molecule has 0 radical (unpaired) electrons. The summed E-state index contributed by atoms with van der Waals surface area (Å²) in [5.74, 6) is -0.0746. The summed E-state index contributed by atoms with van der Waals surface area (Å²) in [5, 5.41) is 2.76. The third-order valence-electron chi connectivity index (χ3n) is 3.27. The van der Waals surface area contributed by atoms with Gasteiger partial charge in [-0.05, 0) is 30.7 Å². The third kappa shape index (κ3) is 9.75. The van der Waals surface area contributed by atoms with Crippen LogP contribution in [0.3, 0.4) is 0 Å². The maximum Gasteiger partial charge on any atom is 0.243 e. The topological polar surface area (TPSA) is 107 Å². The van der Waals surface area contributed by atoms with Crippen LogP contribution in [0.15, 0.2) is 0 Å². The van der Waals surface area contributed by atoms with Gasteiger partial charge in [0.25, 0.3) is 0 Å². The Balaban J connectivity index is 3.82. The number of nitrogens with one attached hydrogen (secondary N) is 1. The Morgan fingerprint density at radius 1 is 1.25 bits per heavy atom. The minimum Gasteiger partial charge on any atom is -0.370 e. The highest BCUT2D eigenvalue weighted by Gasteiger charge is 2.24. The number of primary amides is 1. The van der Waals surface area contributed by atoms with Crippen molar-refractivity contribution in [3.8, 4) is 0 Å². The third-order valence-corrected chi connectivity index (χ3v) is 3.27. The molecule has 6 heteroatoms. The molecule has 0 aromatic heterocycles. The van der Waals surface area contributed by atoms with Gasteiger partial charge in [0.05, 0.1) is 6.61 Å². The van der Waals surface area contributed by atoms with Crippen LogP contribution in [0.5, 0.6) is 0 Å². The van der Waals surface area contributed by atoms with Gasteiger partial charge < -0.3 is 21.5 Å². The largest absolute Gasteiger partial charge is 0.370 e. The van der Waals surface area contributed by atoms with E-state index < -0.39 is 5.91 Å². The van der Waals surface area contributed by atoms with Crippen molar-refractivity contribution < 1.29 is 14.3 Å². The van der Waals surface area contributed by atoms with Gasteiger partial charge in [-0.1, -0.05) is 20.8 Å². The lowest BCUT2D eigenvalue weighted by atomic mass is 9.76. The van der Waals surface area contributed by atoms with Crippen LogP contribution in [-0.2, 0) is 14.3 Å². The first-order valence-electron chi connectivity index (χ1n) is 7.10. The van der Waals surface area contributed by atoms with E-state index in [1.807, 2.05) is 0 Å². The standard InChI is InChI=1S/C14H29N3O3/c1-14(2,3)11(6-7-15)4-5-13(19)17-8-9-20-10-12(16)18/h11H,4-10,15H2,1-3H3,(H2,16,18)(H,17,19). The van der Waals surface area contributed by atoms with E-state index in [1.54, 1.807) is 0 Å². The zero-order valence-corrected chi connectivity index (χ0v) is 12.9. The highest BCUT2D eigenvalue weighted by molar-refractivity contribution is 5.76. The SMILES string of the molecule is CC(C)(C)C(CCN)CCC(=O)NCCOCC(N)=O. The van der Waals surface area contributed by atoms with Crippen molar-refractivity contribution in [1.82, 2.24) is 5.32 Å². The van der Waals surface area contributed by atoms with Crippen LogP contribution < -0.4 is 16.8 Å². The molecule has 1 unspecified atom stereocenters. The lowest BCUT2D eigenvalue weighted by Crippen LogP contribution is -2.30. The minimum atomic E-state index is -0.508. The Bertz CT molecular complexity index is 301. The van der Waals surface area contributed by atoms with Crippen LogP contribution >= 0.6 is 0 Å². The molecule has 0 rings (SSSR count). The van der Waals surface area contributed by atoms with E-state index in [0.717, 1.165) is 12.8 Å². The molecule has 0 aromatic carbocycles. The molecule has 20 heavy (non-hydrogen) atoms. The summed E-state index contributed by atoms with van der Waals surface area (Å²) in [6, 6.07) is 0. The Morgan fingerprint density at radius 3 is 2.40 bits per heavy atom. The summed E-state index contributed by atoms with van der Waals surface area (Å²) in [6.45, 7) is 7.72. The van der Waals surface area contributed by atoms with Gasteiger partial charge in [-0.3, -0.25) is 9.59 Å². The molecule has 1 atom stereocenters. The molecule has 0 heterocycles. The van der Waals surface area contributed by atoms with Crippen molar-refractivity contribution in [3.63, 3.8) is 0 Å². The first-order valence-corrected chi connectivity index (χ1v) is 7.10. The molecule has 0 aliphatic carbocycles. The van der Waals surface area contributed by atoms with Crippen molar-refractivity contribution in [3.05, 3.63) is 0 Å². The molecule has 0 saturated heterocycles. The Labute approximate surface area is 121 Å². The van der Waals surface area contributed by atoms with Gasteiger partial charge in [0, 0.05) is 13.0 Å². The molecule has 0 bridgehead atoms. The van der Waals surface area contributed by atoms with Crippen LogP contribution in [-0.4, -0.2) is 38.1 Å². The van der Waals surface area contributed by atoms with Gasteiger partial charge in [0.15, 0.2) is 0 Å². The average Bonchev–Trinajstić information content (AvgIpc) is 2.32. The number of nitrogens with two attached hydrogens (primary N) is 2. The van der Waals surface area contributed by atoms with E-state index >= 15 is 0 Å².